The van der Waals surface area contributed by atoms with Crippen LogP contribution in [0.4, 0.5) is 0 Å². The molecule has 4 nitrogen and oxygen atoms in total. The van der Waals surface area contributed by atoms with Gasteiger partial charge in [0.05, 0.1) is 30.9 Å². The van der Waals surface area contributed by atoms with Crippen molar-refractivity contribution in [3.63, 3.8) is 0 Å². The number of ether oxygens (including phenoxy) is 1. The summed E-state index contributed by atoms with van der Waals surface area (Å²) in [6.45, 7) is 3.51. The Kier molecular flexibility index (Phi) is 3.78. The highest BCUT2D eigenvalue weighted by molar-refractivity contribution is 6.31. The summed E-state index contributed by atoms with van der Waals surface area (Å²) >= 11 is 6.20. The van der Waals surface area contributed by atoms with Crippen molar-refractivity contribution < 1.29 is 4.74 Å². The summed E-state index contributed by atoms with van der Waals surface area (Å²) in [5.41, 5.74) is 9.43. The standard InChI is InChI=1S/C15H18ClN3O/c1-10-2-3-12(6-13(10)16)19-9-18-7-14(19)15(17)11-4-5-20-8-11/h2-3,6-7,9,11,15H,4-5,8,17H2,1H3. The lowest BCUT2D eigenvalue weighted by Gasteiger charge is -2.19. The number of rotatable bonds is 3. The van der Waals surface area contributed by atoms with Crippen LogP contribution in [0.2, 0.25) is 5.02 Å². The number of aryl methyl sites for hydroxylation is 1. The van der Waals surface area contributed by atoms with Crippen molar-refractivity contribution in [3.05, 3.63) is 47.0 Å². The highest BCUT2D eigenvalue weighted by Crippen LogP contribution is 2.29. The monoisotopic (exact) mass is 291 g/mol. The largest absolute Gasteiger partial charge is 0.381 e. The molecule has 0 saturated carbocycles. The third-order valence-electron chi connectivity index (χ3n) is 3.91. The smallest absolute Gasteiger partial charge is 0.0994 e. The molecule has 2 aromatic rings. The number of hydrogen-bond acceptors (Lipinski definition) is 3. The van der Waals surface area contributed by atoms with Crippen molar-refractivity contribution in [3.8, 4) is 5.69 Å². The molecule has 2 N–H and O–H groups in total. The Labute approximate surface area is 123 Å². The van der Waals surface area contributed by atoms with Crippen LogP contribution in [0.3, 0.4) is 0 Å². The predicted molar refractivity (Wildman–Crippen MR) is 79.2 cm³/mol. The Morgan fingerprint density at radius 3 is 3.05 bits per heavy atom. The molecule has 2 atom stereocenters. The molecule has 5 heteroatoms. The van der Waals surface area contributed by atoms with Crippen LogP contribution in [0.1, 0.15) is 23.7 Å². The van der Waals surface area contributed by atoms with Gasteiger partial charge in [0.15, 0.2) is 0 Å². The summed E-state index contributed by atoms with van der Waals surface area (Å²) < 4.78 is 7.43. The second-order valence-corrected chi connectivity index (χ2v) is 5.68. The fourth-order valence-electron chi connectivity index (χ4n) is 2.58. The van der Waals surface area contributed by atoms with Crippen LogP contribution in [-0.2, 0) is 4.74 Å². The number of nitrogens with zero attached hydrogens (tertiary/aromatic N) is 2. The lowest BCUT2D eigenvalue weighted by Crippen LogP contribution is -2.24. The molecule has 1 aliphatic rings. The Balaban J connectivity index is 1.94. The number of halogens is 1. The number of hydrogen-bond donors (Lipinski definition) is 1. The Morgan fingerprint density at radius 1 is 1.50 bits per heavy atom. The van der Waals surface area contributed by atoms with Crippen molar-refractivity contribution in [2.75, 3.05) is 13.2 Å². The topological polar surface area (TPSA) is 53.1 Å². The van der Waals surface area contributed by atoms with Crippen LogP contribution in [0.15, 0.2) is 30.7 Å². The molecule has 2 heterocycles. The van der Waals surface area contributed by atoms with Crippen molar-refractivity contribution in [2.24, 2.45) is 11.7 Å². The minimum atomic E-state index is -0.0694. The van der Waals surface area contributed by atoms with Crippen molar-refractivity contribution in [1.29, 1.82) is 0 Å². The molecule has 0 radical (unpaired) electrons. The van der Waals surface area contributed by atoms with Crippen LogP contribution in [0.25, 0.3) is 5.69 Å². The van der Waals surface area contributed by atoms with E-state index in [1.807, 2.05) is 35.9 Å². The number of imidazole rings is 1. The van der Waals surface area contributed by atoms with Gasteiger partial charge in [0.25, 0.3) is 0 Å². The zero-order chi connectivity index (χ0) is 14.1. The van der Waals surface area contributed by atoms with E-state index in [2.05, 4.69) is 4.98 Å². The van der Waals surface area contributed by atoms with E-state index in [9.17, 15) is 0 Å². The van der Waals surface area contributed by atoms with Crippen LogP contribution >= 0.6 is 11.6 Å². The van der Waals surface area contributed by atoms with E-state index in [-0.39, 0.29) is 6.04 Å². The maximum Gasteiger partial charge on any atom is 0.0994 e. The second kappa shape index (κ2) is 5.56. The maximum atomic E-state index is 6.38. The summed E-state index contributed by atoms with van der Waals surface area (Å²) in [6.07, 6.45) is 4.61. The van der Waals surface area contributed by atoms with Gasteiger partial charge in [-0.05, 0) is 31.0 Å². The minimum absolute atomic E-state index is 0.0694. The molecule has 0 bridgehead atoms. The second-order valence-electron chi connectivity index (χ2n) is 5.27. The van der Waals surface area contributed by atoms with Gasteiger partial charge in [0.2, 0.25) is 0 Å². The quantitative estimate of drug-likeness (QED) is 0.946. The van der Waals surface area contributed by atoms with E-state index in [4.69, 9.17) is 22.1 Å². The fourth-order valence-corrected chi connectivity index (χ4v) is 2.75. The molecule has 1 aromatic carbocycles. The van der Waals surface area contributed by atoms with Crippen molar-refractivity contribution >= 4 is 11.6 Å². The molecule has 1 aromatic heterocycles. The van der Waals surface area contributed by atoms with Crippen molar-refractivity contribution in [1.82, 2.24) is 9.55 Å². The minimum Gasteiger partial charge on any atom is -0.381 e. The Hall–Kier alpha value is -1.36. The third-order valence-corrected chi connectivity index (χ3v) is 4.32. The molecule has 0 aliphatic carbocycles. The predicted octanol–water partition coefficient (Wildman–Crippen LogP) is 2.87. The van der Waals surface area contributed by atoms with Gasteiger partial charge in [-0.1, -0.05) is 17.7 Å². The van der Waals surface area contributed by atoms with Gasteiger partial charge in [-0.15, -0.1) is 0 Å². The van der Waals surface area contributed by atoms with Crippen molar-refractivity contribution in [2.45, 2.75) is 19.4 Å². The Bertz CT molecular complexity index is 605. The molecule has 3 rings (SSSR count). The molecule has 20 heavy (non-hydrogen) atoms. The van der Waals surface area contributed by atoms with Gasteiger partial charge in [-0.3, -0.25) is 0 Å². The van der Waals surface area contributed by atoms with E-state index in [0.717, 1.165) is 41.6 Å². The molecule has 1 aliphatic heterocycles. The zero-order valence-corrected chi connectivity index (χ0v) is 12.2. The number of nitrogens with two attached hydrogens (primary N) is 1. The van der Waals surface area contributed by atoms with Gasteiger partial charge >= 0.3 is 0 Å². The molecule has 1 saturated heterocycles. The average Bonchev–Trinajstić information content (AvgIpc) is 3.11. The first-order valence-electron chi connectivity index (χ1n) is 6.79. The number of aromatic nitrogens is 2. The maximum absolute atomic E-state index is 6.38. The molecule has 0 amide bonds. The molecular weight excluding hydrogens is 274 g/mol. The number of benzene rings is 1. The van der Waals surface area contributed by atoms with E-state index in [1.165, 1.54) is 0 Å². The van der Waals surface area contributed by atoms with Crippen LogP contribution in [0, 0.1) is 12.8 Å². The average molecular weight is 292 g/mol. The fraction of sp³-hybridized carbons (Fsp3) is 0.400. The molecule has 106 valence electrons. The molecular formula is C15H18ClN3O. The highest BCUT2D eigenvalue weighted by Gasteiger charge is 2.26. The Morgan fingerprint density at radius 2 is 2.35 bits per heavy atom. The summed E-state index contributed by atoms with van der Waals surface area (Å²) in [4.78, 5) is 4.24. The first kappa shape index (κ1) is 13.6. The summed E-state index contributed by atoms with van der Waals surface area (Å²) in [7, 11) is 0. The highest BCUT2D eigenvalue weighted by atomic mass is 35.5. The van der Waals surface area contributed by atoms with E-state index in [0.29, 0.717) is 5.92 Å². The van der Waals surface area contributed by atoms with E-state index < -0.39 is 0 Å². The van der Waals surface area contributed by atoms with E-state index >= 15 is 0 Å². The lowest BCUT2D eigenvalue weighted by molar-refractivity contribution is 0.180. The van der Waals surface area contributed by atoms with Gasteiger partial charge in [-0.2, -0.15) is 0 Å². The normalized spacial score (nSPS) is 20.2. The van der Waals surface area contributed by atoms with Gasteiger partial charge in [0.1, 0.15) is 0 Å². The lowest BCUT2D eigenvalue weighted by atomic mass is 9.97. The summed E-state index contributed by atoms with van der Waals surface area (Å²) in [5, 5.41) is 0.750. The van der Waals surface area contributed by atoms with E-state index in [1.54, 1.807) is 6.33 Å². The molecule has 2 unspecified atom stereocenters. The van der Waals surface area contributed by atoms with Crippen LogP contribution in [-0.4, -0.2) is 22.8 Å². The molecule has 0 spiro atoms. The summed E-state index contributed by atoms with van der Waals surface area (Å²) in [6, 6.07) is 5.91. The first-order chi connectivity index (χ1) is 9.66. The SMILES string of the molecule is Cc1ccc(-n2cncc2C(N)C2CCOC2)cc1Cl. The van der Waals surface area contributed by atoms with Gasteiger partial charge in [-0.25, -0.2) is 4.98 Å². The van der Waals surface area contributed by atoms with Crippen LogP contribution in [0.5, 0.6) is 0 Å². The first-order valence-corrected chi connectivity index (χ1v) is 7.16. The van der Waals surface area contributed by atoms with Gasteiger partial charge in [0, 0.05) is 23.2 Å². The summed E-state index contributed by atoms with van der Waals surface area (Å²) in [5.74, 6) is 0.353. The van der Waals surface area contributed by atoms with Crippen LogP contribution < -0.4 is 5.73 Å². The van der Waals surface area contributed by atoms with Gasteiger partial charge < -0.3 is 15.0 Å². The molecule has 1 fully saturated rings. The zero-order valence-electron chi connectivity index (χ0n) is 11.4. The third kappa shape index (κ3) is 2.46.